The molecule has 2 spiro atoms. The lowest BCUT2D eigenvalue weighted by atomic mass is 9.68. The van der Waals surface area contributed by atoms with Crippen molar-refractivity contribution in [1.29, 1.82) is 0 Å². The van der Waals surface area contributed by atoms with Gasteiger partial charge in [0.2, 0.25) is 20.0 Å². The third-order valence-corrected chi connectivity index (χ3v) is 24.3. The van der Waals surface area contributed by atoms with Crippen LogP contribution in [-0.4, -0.2) is 100 Å². The zero-order chi connectivity index (χ0) is 62.4. The van der Waals surface area contributed by atoms with E-state index in [4.69, 9.17) is 32.7 Å². The van der Waals surface area contributed by atoms with Crippen molar-refractivity contribution in [2.45, 2.75) is 123 Å². The van der Waals surface area contributed by atoms with Crippen molar-refractivity contribution in [1.82, 2.24) is 19.4 Å². The number of nitrogens with zero attached hydrogens (tertiary/aromatic N) is 4. The van der Waals surface area contributed by atoms with Crippen molar-refractivity contribution >= 4 is 66.4 Å². The Bertz CT molecular complexity index is 3720. The van der Waals surface area contributed by atoms with Crippen LogP contribution in [0.3, 0.4) is 0 Å². The van der Waals surface area contributed by atoms with Crippen molar-refractivity contribution < 1.29 is 46.1 Å². The number of aliphatic hydroxyl groups excluding tert-OH is 2. The zero-order valence-electron chi connectivity index (χ0n) is 50.1. The quantitative estimate of drug-likeness (QED) is 0.119. The first-order chi connectivity index (χ1) is 43.4. The molecule has 16 nitrogen and oxygen atoms in total. The molecule has 0 unspecified atom stereocenters. The highest BCUT2D eigenvalue weighted by molar-refractivity contribution is 7.90. The number of rotatable bonds is 2. The Balaban J connectivity index is 0.000000165. The van der Waals surface area contributed by atoms with Crippen LogP contribution in [-0.2, 0) is 43.7 Å². The molecule has 4 bridgehead atoms. The minimum atomic E-state index is -4.14. The van der Waals surface area contributed by atoms with Gasteiger partial charge >= 0.3 is 0 Å². The molecule has 2 aromatic heterocycles. The van der Waals surface area contributed by atoms with Gasteiger partial charge in [-0.25, -0.2) is 26.3 Å². The molecule has 6 heterocycles. The lowest BCUT2D eigenvalue weighted by molar-refractivity contribution is 0.0454. The van der Waals surface area contributed by atoms with E-state index in [1.54, 1.807) is 85.2 Å². The highest BCUT2D eigenvalue weighted by atomic mass is 35.5. The van der Waals surface area contributed by atoms with Crippen LogP contribution in [0.4, 0.5) is 11.4 Å². The summed E-state index contributed by atoms with van der Waals surface area (Å²) in [5, 5.41) is 21.8. The number of ether oxygens (including phenoxy) is 2. The van der Waals surface area contributed by atoms with Crippen molar-refractivity contribution in [3.8, 4) is 11.5 Å². The molecule has 4 aliphatic carbocycles. The fourth-order valence-corrected chi connectivity index (χ4v) is 18.7. The number of hydrogen-bond donors (Lipinski definition) is 4. The van der Waals surface area contributed by atoms with Gasteiger partial charge in [0.05, 0.1) is 48.2 Å². The fourth-order valence-electron chi connectivity index (χ4n) is 15.4. The standard InChI is InChI=1S/2C35H38ClN3O5S/c2*36-26-12-14-28-23(18-26)6-5-16-35(28)21-39-20-25-10-13-27(25)31(40)8-1-2-9-33(29-7-3-4-17-37-29)45(42,43)38-34(41)24-11-15-32(44-22-35)30(39)19-24/h2*1,3-4,7-8,11-12,14-15,17-19,25,27,31,33,40H,2,5-6,9-10,13,16,20-22H2,(H,38,41)/b2*8-1+/t25-,27+,31-,33+,35-;25-,27+,31-,33-,35-/m00/s1. The van der Waals surface area contributed by atoms with Gasteiger partial charge in [-0.2, -0.15) is 0 Å². The number of benzene rings is 4. The largest absolute Gasteiger partial charge is 0.490 e. The molecule has 0 radical (unpaired) electrons. The van der Waals surface area contributed by atoms with Gasteiger partial charge < -0.3 is 29.5 Å². The molecule has 6 aromatic rings. The molecule has 472 valence electrons. The number of nitrogens with one attached hydrogen (secondary N) is 2. The lowest BCUT2D eigenvalue weighted by Gasteiger charge is -2.45. The van der Waals surface area contributed by atoms with E-state index in [0.717, 1.165) is 85.6 Å². The van der Waals surface area contributed by atoms with Crippen molar-refractivity contribution in [2.24, 2.45) is 23.7 Å². The number of amides is 2. The van der Waals surface area contributed by atoms with Gasteiger partial charge in [0.25, 0.3) is 11.8 Å². The van der Waals surface area contributed by atoms with Gasteiger partial charge in [-0.3, -0.25) is 19.6 Å². The minimum Gasteiger partial charge on any atom is -0.490 e. The first-order valence-corrected chi connectivity index (χ1v) is 35.5. The molecule has 20 heteroatoms. The van der Waals surface area contributed by atoms with Gasteiger partial charge in [-0.1, -0.05) is 71.8 Å². The summed E-state index contributed by atoms with van der Waals surface area (Å²) in [5.74, 6) is 0.659. The number of pyridine rings is 2. The first-order valence-electron chi connectivity index (χ1n) is 31.7. The molecule has 8 aliphatic rings. The van der Waals surface area contributed by atoms with Gasteiger partial charge in [0.1, 0.15) is 22.0 Å². The molecule has 90 heavy (non-hydrogen) atoms. The first kappa shape index (κ1) is 62.0. The average Bonchev–Trinajstić information content (AvgIpc) is 1.49. The lowest BCUT2D eigenvalue weighted by Crippen LogP contribution is -2.49. The van der Waals surface area contributed by atoms with E-state index in [9.17, 15) is 36.6 Å². The van der Waals surface area contributed by atoms with E-state index in [0.29, 0.717) is 75.1 Å². The normalized spacial score (nSPS) is 30.1. The number of carbonyl (C=O) groups excluding carboxylic acids is 2. The predicted octanol–water partition coefficient (Wildman–Crippen LogP) is 11.5. The number of aromatic nitrogens is 2. The van der Waals surface area contributed by atoms with Crippen LogP contribution in [0, 0.1) is 23.7 Å². The van der Waals surface area contributed by atoms with Crippen LogP contribution >= 0.6 is 23.2 Å². The third-order valence-electron chi connectivity index (χ3n) is 20.5. The molecule has 2 amide bonds. The van der Waals surface area contributed by atoms with E-state index in [1.807, 2.05) is 36.4 Å². The monoisotopic (exact) mass is 1290 g/mol. The number of carbonyl (C=O) groups is 2. The van der Waals surface area contributed by atoms with Crippen molar-refractivity contribution in [3.05, 3.63) is 201 Å². The summed E-state index contributed by atoms with van der Waals surface area (Å²) in [5.41, 5.74) is 7.18. The Morgan fingerprint density at radius 2 is 0.989 bits per heavy atom. The second-order valence-electron chi connectivity index (χ2n) is 26.0. The fraction of sp³-hybridized carbons (Fsp3) is 0.429. The summed E-state index contributed by atoms with van der Waals surface area (Å²) in [4.78, 5) is 40.4. The molecule has 10 atom stereocenters. The Morgan fingerprint density at radius 1 is 0.544 bits per heavy atom. The summed E-state index contributed by atoms with van der Waals surface area (Å²) < 4.78 is 72.5. The van der Waals surface area contributed by atoms with Gasteiger partial charge in [-0.15, -0.1) is 0 Å². The van der Waals surface area contributed by atoms with E-state index in [2.05, 4.69) is 53.5 Å². The molecule has 2 fully saturated rings. The predicted molar refractivity (Wildman–Crippen MR) is 348 cm³/mol. The SMILES string of the molecule is O=C1NS(=O)(=O)[C@@H](c2ccccn2)CC/C=C/[C@H](O)[C@@H]2CC[C@H]2CN2C[C@@]3(CCCc4cc(Cl)ccc43)COc3ccc1cc32.O=C1NS(=O)(=O)[C@H](c2ccccn2)CC/C=C/[C@H](O)[C@@H]2CC[C@H]2CN2C[C@@]3(CCCc4cc(Cl)ccc43)COc3ccc1cc32. The molecular weight excluding hydrogens is 1220 g/mol. The Labute approximate surface area is 537 Å². The van der Waals surface area contributed by atoms with Crippen LogP contribution in [0.2, 0.25) is 10.0 Å². The average molecular weight is 1300 g/mol. The molecular formula is C70H76Cl2N6O10S2. The molecule has 4 aliphatic heterocycles. The van der Waals surface area contributed by atoms with Gasteiger partial charge in [0.15, 0.2) is 0 Å². The van der Waals surface area contributed by atoms with Crippen LogP contribution in [0.1, 0.15) is 142 Å². The Hall–Kier alpha value is -6.80. The van der Waals surface area contributed by atoms with E-state index < -0.39 is 54.6 Å². The van der Waals surface area contributed by atoms with Crippen LogP contribution in [0.15, 0.2) is 146 Å². The number of aryl methyl sites for hydroxylation is 2. The maximum atomic E-state index is 13.7. The molecule has 14 rings (SSSR count). The second-order valence-corrected chi connectivity index (χ2v) is 30.6. The highest BCUT2D eigenvalue weighted by Crippen LogP contribution is 2.50. The van der Waals surface area contributed by atoms with E-state index in [-0.39, 0.29) is 58.5 Å². The van der Waals surface area contributed by atoms with Crippen LogP contribution in [0.25, 0.3) is 0 Å². The van der Waals surface area contributed by atoms with Gasteiger partial charge in [0, 0.05) is 70.6 Å². The van der Waals surface area contributed by atoms with Gasteiger partial charge in [-0.05, 0) is 221 Å². The number of sulfonamides is 2. The molecule has 4 N–H and O–H groups in total. The smallest absolute Gasteiger partial charge is 0.264 e. The maximum absolute atomic E-state index is 13.7. The Morgan fingerprint density at radius 3 is 1.39 bits per heavy atom. The molecule has 0 saturated heterocycles. The highest BCUT2D eigenvalue weighted by Gasteiger charge is 2.47. The van der Waals surface area contributed by atoms with Crippen molar-refractivity contribution in [3.63, 3.8) is 0 Å². The Kier molecular flexibility index (Phi) is 17.7. The van der Waals surface area contributed by atoms with Crippen molar-refractivity contribution in [2.75, 3.05) is 49.2 Å². The molecule has 4 aromatic carbocycles. The van der Waals surface area contributed by atoms with E-state index in [1.165, 1.54) is 22.3 Å². The molecule has 2 saturated carbocycles. The third kappa shape index (κ3) is 12.6. The topological polar surface area (TPSA) is 218 Å². The number of hydrogen-bond acceptors (Lipinski definition) is 14. The van der Waals surface area contributed by atoms with Crippen LogP contribution in [0.5, 0.6) is 11.5 Å². The summed E-state index contributed by atoms with van der Waals surface area (Å²) in [6, 6.07) is 32.9. The second kappa shape index (κ2) is 25.7. The zero-order valence-corrected chi connectivity index (χ0v) is 53.3. The van der Waals surface area contributed by atoms with E-state index >= 15 is 0 Å². The number of anilines is 2. The van der Waals surface area contributed by atoms with Crippen LogP contribution < -0.4 is 28.7 Å². The summed E-state index contributed by atoms with van der Waals surface area (Å²) in [7, 11) is -8.28. The number of fused-ring (bicyclic) bond motifs is 8. The minimum absolute atomic E-state index is 0.0944. The summed E-state index contributed by atoms with van der Waals surface area (Å²) in [6.45, 7) is 3.71. The summed E-state index contributed by atoms with van der Waals surface area (Å²) >= 11 is 12.8. The number of aliphatic hydroxyl groups is 2. The summed E-state index contributed by atoms with van der Waals surface area (Å²) in [6.07, 6.45) is 20.2. The maximum Gasteiger partial charge on any atom is 0.264 e. The number of halogens is 2. The number of allylic oxidation sites excluding steroid dienone is 2.